The molecule has 2 aromatic carbocycles. The largest absolute Gasteiger partial charge is 0.416 e. The highest BCUT2D eigenvalue weighted by Crippen LogP contribution is 2.30. The number of anilines is 2. The smallest absolute Gasteiger partial charge is 0.331 e. The Bertz CT molecular complexity index is 806. The zero-order valence-electron chi connectivity index (χ0n) is 14.1. The lowest BCUT2D eigenvalue weighted by molar-refractivity contribution is -0.137. The van der Waals surface area contributed by atoms with Gasteiger partial charge in [-0.2, -0.15) is 13.2 Å². The fourth-order valence-corrected chi connectivity index (χ4v) is 2.31. The molecule has 0 saturated carbocycles. The van der Waals surface area contributed by atoms with Crippen LogP contribution in [-0.2, 0) is 11.0 Å². The second-order valence-electron chi connectivity index (χ2n) is 5.71. The molecule has 5 nitrogen and oxygen atoms in total. The fraction of sp³-hybridized carbons (Fsp3) is 0.222. The lowest BCUT2D eigenvalue weighted by Crippen LogP contribution is -2.31. The summed E-state index contributed by atoms with van der Waals surface area (Å²) in [5, 5.41) is 7.66. The molecule has 0 bridgehead atoms. The summed E-state index contributed by atoms with van der Waals surface area (Å²) in [6.45, 7) is 3.11. The molecular formula is C18H18F3N3O2. The van der Waals surface area contributed by atoms with Gasteiger partial charge in [0, 0.05) is 18.3 Å². The van der Waals surface area contributed by atoms with Gasteiger partial charge in [0.1, 0.15) is 0 Å². The summed E-state index contributed by atoms with van der Waals surface area (Å²) in [7, 11) is 0. The molecule has 0 fully saturated rings. The van der Waals surface area contributed by atoms with Crippen LogP contribution < -0.4 is 16.0 Å². The van der Waals surface area contributed by atoms with Crippen molar-refractivity contribution in [2.75, 3.05) is 10.6 Å². The van der Waals surface area contributed by atoms with Gasteiger partial charge < -0.3 is 16.0 Å². The van der Waals surface area contributed by atoms with Crippen LogP contribution in [0.5, 0.6) is 0 Å². The van der Waals surface area contributed by atoms with Crippen LogP contribution in [0.3, 0.4) is 0 Å². The summed E-state index contributed by atoms with van der Waals surface area (Å²) in [6, 6.07) is 10.2. The molecule has 0 heterocycles. The van der Waals surface area contributed by atoms with E-state index in [0.29, 0.717) is 5.69 Å². The Morgan fingerprint density at radius 3 is 2.19 bits per heavy atom. The molecule has 0 aliphatic carbocycles. The lowest BCUT2D eigenvalue weighted by Gasteiger charge is -2.16. The topological polar surface area (TPSA) is 70.2 Å². The van der Waals surface area contributed by atoms with Gasteiger partial charge in [-0.15, -0.1) is 0 Å². The van der Waals surface area contributed by atoms with Crippen molar-refractivity contribution >= 4 is 23.3 Å². The highest BCUT2D eigenvalue weighted by Gasteiger charge is 2.30. The van der Waals surface area contributed by atoms with Crippen molar-refractivity contribution in [3.63, 3.8) is 0 Å². The van der Waals surface area contributed by atoms with Crippen LogP contribution >= 0.6 is 0 Å². The van der Waals surface area contributed by atoms with E-state index < -0.39 is 23.8 Å². The Morgan fingerprint density at radius 1 is 0.962 bits per heavy atom. The van der Waals surface area contributed by atoms with E-state index in [9.17, 15) is 22.8 Å². The summed E-state index contributed by atoms with van der Waals surface area (Å²) in [4.78, 5) is 23.1. The van der Waals surface area contributed by atoms with Crippen LogP contribution in [0.15, 0.2) is 48.5 Å². The van der Waals surface area contributed by atoms with E-state index in [2.05, 4.69) is 16.0 Å². The predicted octanol–water partition coefficient (Wildman–Crippen LogP) is 4.55. The van der Waals surface area contributed by atoms with Crippen LogP contribution in [0, 0.1) is 0 Å². The maximum absolute atomic E-state index is 12.7. The predicted molar refractivity (Wildman–Crippen MR) is 92.8 cm³/mol. The Kier molecular flexibility index (Phi) is 5.86. The van der Waals surface area contributed by atoms with Crippen molar-refractivity contribution in [1.82, 2.24) is 5.32 Å². The molecular weight excluding hydrogens is 347 g/mol. The Balaban J connectivity index is 2.02. The molecule has 3 amide bonds. The number of carbonyl (C=O) groups excluding carboxylic acids is 2. The summed E-state index contributed by atoms with van der Waals surface area (Å²) in [6.07, 6.45) is -4.48. The minimum absolute atomic E-state index is 0.0384. The van der Waals surface area contributed by atoms with Gasteiger partial charge >= 0.3 is 12.2 Å². The second kappa shape index (κ2) is 7.90. The van der Waals surface area contributed by atoms with Crippen LogP contribution in [0.1, 0.15) is 31.0 Å². The van der Waals surface area contributed by atoms with E-state index >= 15 is 0 Å². The quantitative estimate of drug-likeness (QED) is 0.744. The summed E-state index contributed by atoms with van der Waals surface area (Å²) >= 11 is 0. The Hall–Kier alpha value is -3.03. The van der Waals surface area contributed by atoms with Crippen molar-refractivity contribution < 1.29 is 22.8 Å². The monoisotopic (exact) mass is 365 g/mol. The van der Waals surface area contributed by atoms with Crippen molar-refractivity contribution in [3.8, 4) is 0 Å². The second-order valence-corrected chi connectivity index (χ2v) is 5.71. The Labute approximate surface area is 148 Å². The third-order valence-corrected chi connectivity index (χ3v) is 3.50. The molecule has 0 aromatic heterocycles. The van der Waals surface area contributed by atoms with Crippen LogP contribution in [0.2, 0.25) is 0 Å². The molecule has 2 rings (SSSR count). The number of hydrogen-bond donors (Lipinski definition) is 3. The Morgan fingerprint density at radius 2 is 1.58 bits per heavy atom. The summed E-state index contributed by atoms with van der Waals surface area (Å²) in [5.74, 6) is -0.218. The SMILES string of the molecule is CC(=O)Nc1cccc(C(C)NC(=O)Nc2cccc(C(F)(F)F)c2)c1. The van der Waals surface area contributed by atoms with Gasteiger partial charge in [-0.05, 0) is 42.8 Å². The first-order chi connectivity index (χ1) is 12.1. The highest BCUT2D eigenvalue weighted by molar-refractivity contribution is 5.90. The molecule has 0 saturated heterocycles. The minimum Gasteiger partial charge on any atom is -0.331 e. The number of halogens is 3. The van der Waals surface area contributed by atoms with Crippen molar-refractivity contribution in [2.24, 2.45) is 0 Å². The number of carbonyl (C=O) groups is 2. The van der Waals surface area contributed by atoms with Gasteiger partial charge in [0.15, 0.2) is 0 Å². The van der Waals surface area contributed by atoms with Crippen molar-refractivity contribution in [1.29, 1.82) is 0 Å². The van der Waals surface area contributed by atoms with Crippen LogP contribution in [-0.4, -0.2) is 11.9 Å². The van der Waals surface area contributed by atoms with Crippen LogP contribution in [0.25, 0.3) is 0 Å². The molecule has 0 aliphatic rings. The summed E-state index contributed by atoms with van der Waals surface area (Å²) < 4.78 is 38.1. The van der Waals surface area contributed by atoms with Crippen LogP contribution in [0.4, 0.5) is 29.3 Å². The number of nitrogens with one attached hydrogen (secondary N) is 3. The van der Waals surface area contributed by atoms with Gasteiger partial charge in [0.25, 0.3) is 0 Å². The molecule has 0 spiro atoms. The summed E-state index contributed by atoms with van der Waals surface area (Å²) in [5.41, 5.74) is 0.514. The van der Waals surface area contributed by atoms with Gasteiger partial charge in [-0.1, -0.05) is 18.2 Å². The fourth-order valence-electron chi connectivity index (χ4n) is 2.31. The number of alkyl halides is 3. The molecule has 1 unspecified atom stereocenters. The van der Waals surface area contributed by atoms with Crippen molar-refractivity contribution in [3.05, 3.63) is 59.7 Å². The van der Waals surface area contributed by atoms with E-state index in [1.807, 2.05) is 0 Å². The van der Waals surface area contributed by atoms with E-state index in [0.717, 1.165) is 17.7 Å². The molecule has 1 atom stereocenters. The third-order valence-electron chi connectivity index (χ3n) is 3.50. The minimum atomic E-state index is -4.48. The average Bonchev–Trinajstić information content (AvgIpc) is 2.53. The molecule has 0 aliphatic heterocycles. The van der Waals surface area contributed by atoms with Gasteiger partial charge in [-0.25, -0.2) is 4.79 Å². The van der Waals surface area contributed by atoms with E-state index in [1.165, 1.54) is 19.1 Å². The van der Waals surface area contributed by atoms with E-state index in [4.69, 9.17) is 0 Å². The number of rotatable bonds is 4. The number of benzene rings is 2. The first-order valence-electron chi connectivity index (χ1n) is 7.77. The molecule has 8 heteroatoms. The normalized spacial score (nSPS) is 12.2. The van der Waals surface area contributed by atoms with Gasteiger partial charge in [0.05, 0.1) is 11.6 Å². The van der Waals surface area contributed by atoms with E-state index in [1.54, 1.807) is 31.2 Å². The maximum Gasteiger partial charge on any atom is 0.416 e. The zero-order chi connectivity index (χ0) is 19.3. The number of hydrogen-bond acceptors (Lipinski definition) is 2. The zero-order valence-corrected chi connectivity index (χ0v) is 14.1. The van der Waals surface area contributed by atoms with Gasteiger partial charge in [0.2, 0.25) is 5.91 Å². The molecule has 138 valence electrons. The van der Waals surface area contributed by atoms with Crippen molar-refractivity contribution in [2.45, 2.75) is 26.1 Å². The molecule has 26 heavy (non-hydrogen) atoms. The third kappa shape index (κ3) is 5.51. The highest BCUT2D eigenvalue weighted by atomic mass is 19.4. The molecule has 3 N–H and O–H groups in total. The van der Waals surface area contributed by atoms with Gasteiger partial charge in [-0.3, -0.25) is 4.79 Å². The first-order valence-corrected chi connectivity index (χ1v) is 7.77. The maximum atomic E-state index is 12.7. The standard InChI is InChI=1S/C18H18F3N3O2/c1-11(13-5-3-7-15(9-13)23-12(2)25)22-17(26)24-16-8-4-6-14(10-16)18(19,20)21/h3-11H,1-2H3,(H,23,25)(H2,22,24,26). The number of amides is 3. The number of urea groups is 1. The first kappa shape index (κ1) is 19.3. The lowest BCUT2D eigenvalue weighted by atomic mass is 10.1. The molecule has 2 aromatic rings. The average molecular weight is 365 g/mol. The van der Waals surface area contributed by atoms with E-state index in [-0.39, 0.29) is 11.6 Å². The molecule has 0 radical (unpaired) electrons.